The van der Waals surface area contributed by atoms with E-state index in [0.29, 0.717) is 18.2 Å². The fraction of sp³-hybridized carbons (Fsp3) is 0.250. The minimum Gasteiger partial charge on any atom is -0.497 e. The van der Waals surface area contributed by atoms with Crippen molar-refractivity contribution in [2.75, 3.05) is 20.3 Å². The summed E-state index contributed by atoms with van der Waals surface area (Å²) in [5, 5.41) is 0.668. The fourth-order valence-corrected chi connectivity index (χ4v) is 1.87. The van der Waals surface area contributed by atoms with E-state index < -0.39 is 0 Å². The summed E-state index contributed by atoms with van der Waals surface area (Å²) in [6.45, 7) is 2.92. The van der Waals surface area contributed by atoms with Crippen molar-refractivity contribution in [3.63, 3.8) is 0 Å². The molecule has 0 heterocycles. The molecule has 0 saturated heterocycles. The first kappa shape index (κ1) is 14.5. The van der Waals surface area contributed by atoms with Gasteiger partial charge in [0.2, 0.25) is 0 Å². The average molecular weight is 293 g/mol. The summed E-state index contributed by atoms with van der Waals surface area (Å²) < 4.78 is 16.3. The van der Waals surface area contributed by atoms with E-state index in [1.165, 1.54) is 0 Å². The summed E-state index contributed by atoms with van der Waals surface area (Å²) in [5.41, 5.74) is 1.05. The van der Waals surface area contributed by atoms with Gasteiger partial charge in [0, 0.05) is 5.02 Å². The highest BCUT2D eigenvalue weighted by Crippen LogP contribution is 2.22. The van der Waals surface area contributed by atoms with Gasteiger partial charge in [0.05, 0.1) is 7.11 Å². The average Bonchev–Trinajstić information content (AvgIpc) is 2.47. The van der Waals surface area contributed by atoms with Gasteiger partial charge in [0.1, 0.15) is 30.5 Å². The van der Waals surface area contributed by atoms with Crippen LogP contribution >= 0.6 is 11.6 Å². The van der Waals surface area contributed by atoms with Crippen molar-refractivity contribution in [3.05, 3.63) is 53.1 Å². The second kappa shape index (κ2) is 7.06. The molecular weight excluding hydrogens is 276 g/mol. The zero-order valence-electron chi connectivity index (χ0n) is 11.6. The van der Waals surface area contributed by atoms with Gasteiger partial charge in [-0.1, -0.05) is 17.7 Å². The van der Waals surface area contributed by atoms with Crippen LogP contribution in [0, 0.1) is 6.92 Å². The molecule has 2 aromatic carbocycles. The van der Waals surface area contributed by atoms with Gasteiger partial charge in [-0.05, 0) is 48.9 Å². The second-order valence-electron chi connectivity index (χ2n) is 4.28. The number of halogens is 1. The van der Waals surface area contributed by atoms with Crippen LogP contribution in [0.25, 0.3) is 0 Å². The van der Waals surface area contributed by atoms with Gasteiger partial charge in [0.15, 0.2) is 0 Å². The Bertz CT molecular complexity index is 552. The Kier molecular flexibility index (Phi) is 5.13. The summed E-state index contributed by atoms with van der Waals surface area (Å²) in [4.78, 5) is 0. The topological polar surface area (TPSA) is 27.7 Å². The Hall–Kier alpha value is -1.87. The molecule has 0 bridgehead atoms. The number of methoxy groups -OCH3 is 1. The Morgan fingerprint density at radius 1 is 0.900 bits per heavy atom. The maximum Gasteiger partial charge on any atom is 0.123 e. The smallest absolute Gasteiger partial charge is 0.123 e. The van der Waals surface area contributed by atoms with Gasteiger partial charge < -0.3 is 14.2 Å². The number of hydrogen-bond donors (Lipinski definition) is 0. The van der Waals surface area contributed by atoms with Crippen LogP contribution < -0.4 is 14.2 Å². The van der Waals surface area contributed by atoms with Crippen molar-refractivity contribution in [2.24, 2.45) is 0 Å². The van der Waals surface area contributed by atoms with Crippen LogP contribution in [0.15, 0.2) is 42.5 Å². The van der Waals surface area contributed by atoms with Crippen molar-refractivity contribution in [3.8, 4) is 17.2 Å². The highest BCUT2D eigenvalue weighted by atomic mass is 35.5. The molecular formula is C16H17ClO3. The molecule has 0 saturated carbocycles. The van der Waals surface area contributed by atoms with Gasteiger partial charge in [-0.2, -0.15) is 0 Å². The third kappa shape index (κ3) is 4.07. The lowest BCUT2D eigenvalue weighted by atomic mass is 10.2. The summed E-state index contributed by atoms with van der Waals surface area (Å²) in [7, 11) is 1.64. The van der Waals surface area contributed by atoms with E-state index in [9.17, 15) is 0 Å². The normalized spacial score (nSPS) is 10.2. The molecule has 106 valence electrons. The first-order valence-electron chi connectivity index (χ1n) is 6.35. The molecule has 0 amide bonds. The number of aryl methyl sites for hydroxylation is 1. The van der Waals surface area contributed by atoms with Gasteiger partial charge in [-0.3, -0.25) is 0 Å². The number of rotatable bonds is 6. The van der Waals surface area contributed by atoms with Crippen LogP contribution in [0.4, 0.5) is 0 Å². The van der Waals surface area contributed by atoms with E-state index in [2.05, 4.69) is 0 Å². The molecule has 20 heavy (non-hydrogen) atoms. The van der Waals surface area contributed by atoms with E-state index in [1.54, 1.807) is 7.11 Å². The van der Waals surface area contributed by atoms with E-state index in [0.717, 1.165) is 22.8 Å². The van der Waals surface area contributed by atoms with Crippen LogP contribution in [0.2, 0.25) is 5.02 Å². The van der Waals surface area contributed by atoms with E-state index in [4.69, 9.17) is 25.8 Å². The maximum absolute atomic E-state index is 5.93. The quantitative estimate of drug-likeness (QED) is 0.750. The highest BCUT2D eigenvalue weighted by molar-refractivity contribution is 6.30. The Balaban J connectivity index is 1.79. The van der Waals surface area contributed by atoms with Crippen LogP contribution in [0.5, 0.6) is 17.2 Å². The van der Waals surface area contributed by atoms with Gasteiger partial charge in [0.25, 0.3) is 0 Å². The molecule has 2 aromatic rings. The van der Waals surface area contributed by atoms with E-state index >= 15 is 0 Å². The van der Waals surface area contributed by atoms with Gasteiger partial charge in [-0.25, -0.2) is 0 Å². The molecule has 0 spiro atoms. The van der Waals surface area contributed by atoms with Gasteiger partial charge >= 0.3 is 0 Å². The number of benzene rings is 2. The first-order valence-corrected chi connectivity index (χ1v) is 6.72. The SMILES string of the molecule is COc1ccc(OCCOc2cc(Cl)ccc2C)cc1. The predicted octanol–water partition coefficient (Wildman–Crippen LogP) is 4.11. The molecule has 0 N–H and O–H groups in total. The lowest BCUT2D eigenvalue weighted by Crippen LogP contribution is -2.09. The number of hydrogen-bond acceptors (Lipinski definition) is 3. The first-order chi connectivity index (χ1) is 9.69. The zero-order chi connectivity index (χ0) is 14.4. The minimum atomic E-state index is 0.465. The predicted molar refractivity (Wildman–Crippen MR) is 80.2 cm³/mol. The molecule has 0 fully saturated rings. The standard InChI is InChI=1S/C16H17ClO3/c1-12-3-4-13(17)11-16(12)20-10-9-19-15-7-5-14(18-2)6-8-15/h3-8,11H,9-10H2,1-2H3. The molecule has 0 unspecified atom stereocenters. The molecule has 0 aliphatic heterocycles. The minimum absolute atomic E-state index is 0.465. The zero-order valence-corrected chi connectivity index (χ0v) is 12.3. The van der Waals surface area contributed by atoms with E-state index in [1.807, 2.05) is 49.4 Å². The number of ether oxygens (including phenoxy) is 3. The monoisotopic (exact) mass is 292 g/mol. The van der Waals surface area contributed by atoms with Crippen molar-refractivity contribution in [2.45, 2.75) is 6.92 Å². The van der Waals surface area contributed by atoms with Crippen molar-refractivity contribution in [1.82, 2.24) is 0 Å². The van der Waals surface area contributed by atoms with Crippen LogP contribution in [-0.2, 0) is 0 Å². The molecule has 2 rings (SSSR count). The Labute approximate surface area is 124 Å². The highest BCUT2D eigenvalue weighted by Gasteiger charge is 2.01. The van der Waals surface area contributed by atoms with E-state index in [-0.39, 0.29) is 0 Å². The van der Waals surface area contributed by atoms with Crippen molar-refractivity contribution >= 4 is 11.6 Å². The molecule has 0 aliphatic rings. The Morgan fingerprint density at radius 2 is 1.55 bits per heavy atom. The molecule has 3 nitrogen and oxygen atoms in total. The van der Waals surface area contributed by atoms with Gasteiger partial charge in [-0.15, -0.1) is 0 Å². The third-order valence-electron chi connectivity index (χ3n) is 2.82. The third-order valence-corrected chi connectivity index (χ3v) is 3.05. The van der Waals surface area contributed by atoms with Crippen LogP contribution in [0.1, 0.15) is 5.56 Å². The molecule has 0 aromatic heterocycles. The molecule has 0 atom stereocenters. The van der Waals surface area contributed by atoms with Crippen molar-refractivity contribution < 1.29 is 14.2 Å². The lowest BCUT2D eigenvalue weighted by Gasteiger charge is -2.11. The lowest BCUT2D eigenvalue weighted by molar-refractivity contribution is 0.216. The summed E-state index contributed by atoms with van der Waals surface area (Å²) in [6, 6.07) is 13.0. The summed E-state index contributed by atoms with van der Waals surface area (Å²) in [5.74, 6) is 2.39. The summed E-state index contributed by atoms with van der Waals surface area (Å²) in [6.07, 6.45) is 0. The second-order valence-corrected chi connectivity index (χ2v) is 4.72. The summed E-state index contributed by atoms with van der Waals surface area (Å²) >= 11 is 5.93. The van der Waals surface area contributed by atoms with Crippen LogP contribution in [0.3, 0.4) is 0 Å². The molecule has 0 aliphatic carbocycles. The van der Waals surface area contributed by atoms with Crippen LogP contribution in [-0.4, -0.2) is 20.3 Å². The fourth-order valence-electron chi connectivity index (χ4n) is 1.71. The molecule has 4 heteroatoms. The largest absolute Gasteiger partial charge is 0.497 e. The molecule has 0 radical (unpaired) electrons. The van der Waals surface area contributed by atoms with Crippen molar-refractivity contribution in [1.29, 1.82) is 0 Å². The maximum atomic E-state index is 5.93. The Morgan fingerprint density at radius 3 is 2.25 bits per heavy atom.